The lowest BCUT2D eigenvalue weighted by atomic mass is 9.86. The number of aliphatic hydroxyl groups excluding tert-OH is 4. The van der Waals surface area contributed by atoms with Crippen molar-refractivity contribution in [3.05, 3.63) is 0 Å². The number of rotatable bonds is 12. The molecule has 16 heteroatoms. The monoisotopic (exact) mass is 980 g/mol. The number of ether oxygens (including phenoxy) is 4. The highest BCUT2D eigenvalue weighted by Gasteiger charge is 2.42. The van der Waals surface area contributed by atoms with Crippen molar-refractivity contribution in [2.24, 2.45) is 11.8 Å². The zero-order chi connectivity index (χ0) is 43.7. The van der Waals surface area contributed by atoms with Crippen molar-refractivity contribution in [2.45, 2.75) is 137 Å². The van der Waals surface area contributed by atoms with Crippen molar-refractivity contribution in [2.75, 3.05) is 78.0 Å². The molecule has 0 bridgehead atoms. The molecule has 0 unspecified atom stereocenters. The van der Waals surface area contributed by atoms with Gasteiger partial charge in [-0.3, -0.25) is 0 Å². The van der Waals surface area contributed by atoms with Crippen molar-refractivity contribution in [3.63, 3.8) is 0 Å². The smallest absolute Gasteiger partial charge is 0.154 e. The summed E-state index contributed by atoms with van der Waals surface area (Å²) in [7, 11) is 11.4. The molecule has 0 aromatic carbocycles. The molecule has 4 heterocycles. The zero-order valence-electron chi connectivity index (χ0n) is 36.8. The molecule has 56 heavy (non-hydrogen) atoms. The fourth-order valence-electron chi connectivity index (χ4n) is 6.57. The molecule has 0 aliphatic carbocycles. The molecule has 8 nitrogen and oxygen atoms in total. The summed E-state index contributed by atoms with van der Waals surface area (Å²) in [5.41, 5.74) is 0. The minimum atomic E-state index is -1.23. The van der Waals surface area contributed by atoms with Gasteiger partial charge in [-0.05, 0) is 117 Å². The molecule has 4 radical (unpaired) electrons. The van der Waals surface area contributed by atoms with Crippen LogP contribution in [0.5, 0.6) is 0 Å². The van der Waals surface area contributed by atoms with Crippen molar-refractivity contribution < 1.29 is 43.8 Å². The van der Waals surface area contributed by atoms with Crippen molar-refractivity contribution in [3.8, 4) is 0 Å². The second-order valence-corrected chi connectivity index (χ2v) is 38.1. The van der Waals surface area contributed by atoms with Gasteiger partial charge in [-0.25, -0.2) is 4.39 Å². The lowest BCUT2D eigenvalue weighted by Crippen LogP contribution is -2.28. The maximum Gasteiger partial charge on any atom is 0.154 e. The van der Waals surface area contributed by atoms with Crippen LogP contribution >= 0.6 is 50.1 Å². The third-order valence-corrected chi connectivity index (χ3v) is 18.3. The molecule has 0 amide bonds. The topological polar surface area (TPSA) is 118 Å². The first-order valence-electron chi connectivity index (χ1n) is 20.1. The Morgan fingerprint density at radius 1 is 0.500 bits per heavy atom. The van der Waals surface area contributed by atoms with Crippen molar-refractivity contribution in [1.29, 1.82) is 0 Å². The fourth-order valence-corrected chi connectivity index (χ4v) is 11.0. The molecule has 4 fully saturated rings. The molecular formula is C40H80B2FIO8P4. The summed E-state index contributed by atoms with van der Waals surface area (Å²) in [5, 5.41) is 39.0. The molecular weight excluding hydrogens is 900 g/mol. The Bertz CT molecular complexity index is 1160. The molecule has 4 aliphatic heterocycles. The van der Waals surface area contributed by atoms with Crippen LogP contribution in [-0.4, -0.2) is 222 Å². The first-order chi connectivity index (χ1) is 25.2. The molecule has 328 valence electrons. The Labute approximate surface area is 359 Å². The van der Waals surface area contributed by atoms with Crippen LogP contribution in [0.4, 0.5) is 4.39 Å². The molecule has 4 rings (SSSR count). The van der Waals surface area contributed by atoms with Gasteiger partial charge in [-0.15, -0.1) is 52.7 Å². The Kier molecular flexibility index (Phi) is 23.8. The number of alkyl halides is 2. The summed E-state index contributed by atoms with van der Waals surface area (Å²) < 4.78 is 35.5. The second-order valence-electron chi connectivity index (χ2n) is 19.4. The molecule has 4 aliphatic rings. The molecule has 4 N–H and O–H groups in total. The lowest BCUT2D eigenvalue weighted by Gasteiger charge is -2.19. The Morgan fingerprint density at radius 2 is 0.768 bits per heavy atom. The van der Waals surface area contributed by atoms with Gasteiger partial charge in [0.05, 0.1) is 58.9 Å². The molecule has 0 aromatic heterocycles. The third-order valence-electron chi connectivity index (χ3n) is 10.7. The van der Waals surface area contributed by atoms with E-state index in [0.29, 0.717) is 0 Å². The lowest BCUT2D eigenvalue weighted by molar-refractivity contribution is 0.0150. The van der Waals surface area contributed by atoms with E-state index in [4.69, 9.17) is 34.6 Å². The SMILES string of the molecule is C=P(C)(C)CC[C@H]1O[C@@H](C)[C@H](F)[C@@H]1O.C=P(C)(C)CC[C@H]1O[C@@H](C)[C@H](I)[C@@H]1O.[B][C@@H]1O[C@H](CCP(=C)(C)C)[C@@H](O)[C@H]1C.[B][C@@H]1O[C@H](CCP(=C)(C)C)[C@@H](O)[C@H]1C. The van der Waals surface area contributed by atoms with E-state index in [1.54, 1.807) is 6.92 Å². The molecule has 0 spiro atoms. The first kappa shape index (κ1) is 55.7. The van der Waals surface area contributed by atoms with E-state index in [-0.39, 0.29) is 64.4 Å². The van der Waals surface area contributed by atoms with Crippen molar-refractivity contribution in [1.82, 2.24) is 0 Å². The zero-order valence-corrected chi connectivity index (χ0v) is 42.6. The Morgan fingerprint density at radius 3 is 0.964 bits per heavy atom. The van der Waals surface area contributed by atoms with Crippen LogP contribution in [-0.2, 0) is 18.9 Å². The predicted molar refractivity (Wildman–Crippen MR) is 264 cm³/mol. The van der Waals surface area contributed by atoms with Gasteiger partial charge >= 0.3 is 0 Å². The van der Waals surface area contributed by atoms with Crippen LogP contribution in [0.2, 0.25) is 0 Å². The third kappa shape index (κ3) is 20.7. The van der Waals surface area contributed by atoms with Crippen LogP contribution in [0.25, 0.3) is 0 Å². The normalized spacial score (nSPS) is 38.9. The summed E-state index contributed by atoms with van der Waals surface area (Å²) in [6, 6.07) is -0.609. The summed E-state index contributed by atoms with van der Waals surface area (Å²) in [6.45, 7) is 20.9. The van der Waals surface area contributed by atoms with Crippen LogP contribution in [0.1, 0.15) is 53.4 Å². The average molecular weight is 980 g/mol. The van der Waals surface area contributed by atoms with Gasteiger partial charge in [0.2, 0.25) is 0 Å². The highest BCUT2D eigenvalue weighted by molar-refractivity contribution is 14.1. The fraction of sp³-hybridized carbons (Fsp3) is 0.900. The van der Waals surface area contributed by atoms with Gasteiger partial charge in [0, 0.05) is 23.8 Å². The van der Waals surface area contributed by atoms with E-state index < -0.39 is 58.1 Å². The van der Waals surface area contributed by atoms with E-state index in [1.807, 2.05) is 20.8 Å². The minimum Gasteiger partial charge on any atom is -0.390 e. The maximum atomic E-state index is 13.2. The highest BCUT2D eigenvalue weighted by Crippen LogP contribution is 2.41. The molecule has 16 atom stereocenters. The van der Waals surface area contributed by atoms with Gasteiger partial charge in [0.25, 0.3) is 0 Å². The Balaban J connectivity index is 0.000000373. The number of halogens is 2. The summed E-state index contributed by atoms with van der Waals surface area (Å²) >= 11 is 2.28. The predicted octanol–water partition coefficient (Wildman–Crippen LogP) is 5.56. The Hall–Kier alpha value is 1.67. The van der Waals surface area contributed by atoms with Gasteiger partial charge in [0.1, 0.15) is 21.8 Å². The largest absolute Gasteiger partial charge is 0.390 e. The number of hydrogen-bond acceptors (Lipinski definition) is 8. The van der Waals surface area contributed by atoms with E-state index in [2.05, 4.69) is 101 Å². The second kappa shape index (κ2) is 23.9. The van der Waals surface area contributed by atoms with Gasteiger partial charge in [0.15, 0.2) is 6.17 Å². The summed E-state index contributed by atoms with van der Waals surface area (Å²) in [6.07, 6.45) is 20.0. The van der Waals surface area contributed by atoms with Gasteiger partial charge in [-0.1, -0.05) is 36.4 Å². The van der Waals surface area contributed by atoms with Crippen molar-refractivity contribution >= 4 is 91.0 Å². The maximum absolute atomic E-state index is 13.2. The molecule has 0 saturated carbocycles. The quantitative estimate of drug-likeness (QED) is 0.0871. The van der Waals surface area contributed by atoms with Gasteiger partial charge in [-0.2, -0.15) is 0 Å². The number of aliphatic hydroxyl groups is 4. The van der Waals surface area contributed by atoms with Crippen LogP contribution in [0.15, 0.2) is 0 Å². The van der Waals surface area contributed by atoms with Crippen LogP contribution in [0, 0.1) is 11.8 Å². The van der Waals surface area contributed by atoms with E-state index in [1.165, 1.54) is 0 Å². The summed E-state index contributed by atoms with van der Waals surface area (Å²) in [4.78, 5) is 0. The van der Waals surface area contributed by atoms with Crippen LogP contribution in [0.3, 0.4) is 0 Å². The average Bonchev–Trinajstić information content (AvgIpc) is 3.66. The van der Waals surface area contributed by atoms with Gasteiger partial charge < -0.3 is 39.4 Å². The van der Waals surface area contributed by atoms with E-state index in [9.17, 15) is 24.8 Å². The highest BCUT2D eigenvalue weighted by atomic mass is 127. The number of hydrogen-bond donors (Lipinski definition) is 4. The van der Waals surface area contributed by atoms with E-state index >= 15 is 0 Å². The minimum absolute atomic E-state index is 0.0351. The summed E-state index contributed by atoms with van der Waals surface area (Å²) in [5.74, 6) is 0.0949. The molecule has 0 aromatic rings. The standard InChI is InChI=1S/2C10H20BO2P.C10H20FO2P.C10H20IO2P/c2*1-7-9(12)8(13-10(7)11)5-6-14(2,3)4;2*1-7-9(11)10(12)8(13-7)5-6-14(2,3)4/h4*7-10,12H,2,5-6H2,1,3-4H3/t2*7-,8-,9+,10-;2*7-,8+,9-,10+/m1100/s1. The van der Waals surface area contributed by atoms with E-state index in [0.717, 1.165) is 50.3 Å². The van der Waals surface area contributed by atoms with Crippen LogP contribution < -0.4 is 0 Å². The first-order valence-corrected chi connectivity index (χ1v) is 33.5. The molecule has 4 saturated heterocycles.